The molecular formula is C12H26O3. The second-order valence-electron chi connectivity index (χ2n) is 5.14. The van der Waals surface area contributed by atoms with Crippen molar-refractivity contribution >= 4 is 0 Å². The Kier molecular flexibility index (Phi) is 6.41. The quantitative estimate of drug-likeness (QED) is 0.653. The van der Waals surface area contributed by atoms with Gasteiger partial charge in [-0.3, -0.25) is 0 Å². The average molecular weight is 218 g/mol. The molecule has 0 aliphatic rings. The highest BCUT2D eigenvalue weighted by Gasteiger charge is 2.25. The molecule has 0 spiro atoms. The number of aliphatic hydroxyl groups excluding tert-OH is 2. The summed E-state index contributed by atoms with van der Waals surface area (Å²) in [5.41, 5.74) is -0.297. The highest BCUT2D eigenvalue weighted by molar-refractivity contribution is 4.74. The van der Waals surface area contributed by atoms with Crippen LogP contribution in [0.25, 0.3) is 0 Å². The van der Waals surface area contributed by atoms with E-state index in [1.807, 2.05) is 27.7 Å². The molecule has 2 atom stereocenters. The lowest BCUT2D eigenvalue weighted by Crippen LogP contribution is -2.32. The Morgan fingerprint density at radius 1 is 0.867 bits per heavy atom. The first-order chi connectivity index (χ1) is 6.95. The molecule has 0 aromatic carbocycles. The molecule has 0 radical (unpaired) electrons. The van der Waals surface area contributed by atoms with Crippen molar-refractivity contribution in [3.63, 3.8) is 0 Å². The van der Waals surface area contributed by atoms with Gasteiger partial charge in [0.25, 0.3) is 0 Å². The van der Waals surface area contributed by atoms with Crippen molar-refractivity contribution in [1.82, 2.24) is 0 Å². The normalized spacial score (nSPS) is 19.6. The lowest BCUT2D eigenvalue weighted by atomic mass is 9.88. The van der Waals surface area contributed by atoms with E-state index in [-0.39, 0.29) is 24.0 Å². The second-order valence-corrected chi connectivity index (χ2v) is 5.14. The lowest BCUT2D eigenvalue weighted by Gasteiger charge is -2.30. The third kappa shape index (κ3) is 4.96. The van der Waals surface area contributed by atoms with Crippen molar-refractivity contribution in [1.29, 1.82) is 0 Å². The monoisotopic (exact) mass is 218 g/mol. The Morgan fingerprint density at radius 3 is 1.40 bits per heavy atom. The lowest BCUT2D eigenvalue weighted by molar-refractivity contribution is -0.0352. The Morgan fingerprint density at radius 2 is 1.20 bits per heavy atom. The van der Waals surface area contributed by atoms with E-state index < -0.39 is 0 Å². The van der Waals surface area contributed by atoms with E-state index in [0.717, 1.165) is 12.8 Å². The summed E-state index contributed by atoms with van der Waals surface area (Å²) < 4.78 is 5.61. The topological polar surface area (TPSA) is 49.7 Å². The van der Waals surface area contributed by atoms with Crippen LogP contribution in [0.2, 0.25) is 0 Å². The first-order valence-electron chi connectivity index (χ1n) is 5.75. The zero-order chi connectivity index (χ0) is 11.9. The average Bonchev–Trinajstić information content (AvgIpc) is 2.28. The Bertz CT molecular complexity index is 142. The van der Waals surface area contributed by atoms with Gasteiger partial charge in [0.2, 0.25) is 0 Å². The zero-order valence-electron chi connectivity index (χ0n) is 10.5. The van der Waals surface area contributed by atoms with Gasteiger partial charge in [0.05, 0.1) is 26.4 Å². The van der Waals surface area contributed by atoms with E-state index in [0.29, 0.717) is 13.2 Å². The first-order valence-corrected chi connectivity index (χ1v) is 5.75. The smallest absolute Gasteiger partial charge is 0.0541 e. The van der Waals surface area contributed by atoms with E-state index in [4.69, 9.17) is 4.74 Å². The van der Waals surface area contributed by atoms with Crippen LogP contribution in [0.3, 0.4) is 0 Å². The summed E-state index contributed by atoms with van der Waals surface area (Å²) in [5.74, 6) is 0. The van der Waals surface area contributed by atoms with Crippen LogP contribution < -0.4 is 0 Å². The number of rotatable bonds is 8. The van der Waals surface area contributed by atoms with Crippen LogP contribution >= 0.6 is 0 Å². The summed E-state index contributed by atoms with van der Waals surface area (Å²) >= 11 is 0. The maximum Gasteiger partial charge on any atom is 0.0541 e. The van der Waals surface area contributed by atoms with Gasteiger partial charge in [0, 0.05) is 10.8 Å². The summed E-state index contributed by atoms with van der Waals surface area (Å²) in [6.45, 7) is 9.50. The fraction of sp³-hybridized carbons (Fsp3) is 1.00. The maximum absolute atomic E-state index is 9.20. The molecule has 0 aromatic heterocycles. The molecule has 0 fully saturated rings. The molecule has 0 amide bonds. The maximum atomic E-state index is 9.20. The van der Waals surface area contributed by atoms with Gasteiger partial charge >= 0.3 is 0 Å². The van der Waals surface area contributed by atoms with Crippen LogP contribution in [-0.2, 0) is 4.74 Å². The summed E-state index contributed by atoms with van der Waals surface area (Å²) in [6.07, 6.45) is 1.79. The van der Waals surface area contributed by atoms with E-state index in [1.54, 1.807) is 0 Å². The Hall–Kier alpha value is -0.120. The standard InChI is InChI=1S/C12H26O3/c1-5-11(3,7-13)9-15-10-12(4,6-2)8-14/h13-14H,5-10H2,1-4H3. The van der Waals surface area contributed by atoms with Gasteiger partial charge in [-0.1, -0.05) is 27.7 Å². The molecule has 92 valence electrons. The minimum Gasteiger partial charge on any atom is -0.396 e. The van der Waals surface area contributed by atoms with Crippen molar-refractivity contribution in [2.24, 2.45) is 10.8 Å². The van der Waals surface area contributed by atoms with Crippen molar-refractivity contribution in [2.45, 2.75) is 40.5 Å². The molecule has 0 saturated heterocycles. The van der Waals surface area contributed by atoms with Crippen LogP contribution in [-0.4, -0.2) is 36.6 Å². The van der Waals surface area contributed by atoms with Gasteiger partial charge in [-0.2, -0.15) is 0 Å². The second kappa shape index (κ2) is 6.46. The molecule has 0 heterocycles. The van der Waals surface area contributed by atoms with Gasteiger partial charge in [-0.05, 0) is 12.8 Å². The third-order valence-electron chi connectivity index (χ3n) is 3.37. The molecule has 0 aromatic rings. The fourth-order valence-electron chi connectivity index (χ4n) is 1.06. The summed E-state index contributed by atoms with van der Waals surface area (Å²) in [6, 6.07) is 0. The van der Waals surface area contributed by atoms with Gasteiger partial charge in [-0.25, -0.2) is 0 Å². The molecule has 2 unspecified atom stereocenters. The van der Waals surface area contributed by atoms with Gasteiger partial charge < -0.3 is 14.9 Å². The molecule has 0 bridgehead atoms. The van der Waals surface area contributed by atoms with Crippen molar-refractivity contribution < 1.29 is 14.9 Å². The van der Waals surface area contributed by atoms with Crippen LogP contribution in [0.1, 0.15) is 40.5 Å². The van der Waals surface area contributed by atoms with Crippen molar-refractivity contribution in [3.8, 4) is 0 Å². The molecular weight excluding hydrogens is 192 g/mol. The highest BCUT2D eigenvalue weighted by Crippen LogP contribution is 2.24. The molecule has 0 aliphatic carbocycles. The molecule has 0 rings (SSSR count). The van der Waals surface area contributed by atoms with E-state index in [1.165, 1.54) is 0 Å². The van der Waals surface area contributed by atoms with E-state index in [9.17, 15) is 10.2 Å². The van der Waals surface area contributed by atoms with Gasteiger partial charge in [0.1, 0.15) is 0 Å². The molecule has 15 heavy (non-hydrogen) atoms. The molecule has 0 saturated carbocycles. The first kappa shape index (κ1) is 14.9. The predicted octanol–water partition coefficient (Wildman–Crippen LogP) is 1.82. The number of ether oxygens (including phenoxy) is 1. The third-order valence-corrected chi connectivity index (χ3v) is 3.37. The predicted molar refractivity (Wildman–Crippen MR) is 61.8 cm³/mol. The largest absolute Gasteiger partial charge is 0.396 e. The van der Waals surface area contributed by atoms with Crippen molar-refractivity contribution in [3.05, 3.63) is 0 Å². The molecule has 3 heteroatoms. The number of hydrogen-bond acceptors (Lipinski definition) is 3. The summed E-state index contributed by atoms with van der Waals surface area (Å²) in [5, 5.41) is 18.4. The summed E-state index contributed by atoms with van der Waals surface area (Å²) in [7, 11) is 0. The highest BCUT2D eigenvalue weighted by atomic mass is 16.5. The summed E-state index contributed by atoms with van der Waals surface area (Å²) in [4.78, 5) is 0. The molecule has 2 N–H and O–H groups in total. The Balaban J connectivity index is 3.96. The zero-order valence-corrected chi connectivity index (χ0v) is 10.5. The molecule has 0 aliphatic heterocycles. The fourth-order valence-corrected chi connectivity index (χ4v) is 1.06. The van der Waals surface area contributed by atoms with Gasteiger partial charge in [0.15, 0.2) is 0 Å². The number of hydrogen-bond donors (Lipinski definition) is 2. The van der Waals surface area contributed by atoms with Crippen LogP contribution in [0, 0.1) is 10.8 Å². The van der Waals surface area contributed by atoms with E-state index >= 15 is 0 Å². The van der Waals surface area contributed by atoms with E-state index in [2.05, 4.69) is 0 Å². The van der Waals surface area contributed by atoms with Crippen LogP contribution in [0.5, 0.6) is 0 Å². The Labute approximate surface area is 93.5 Å². The van der Waals surface area contributed by atoms with Crippen molar-refractivity contribution in [2.75, 3.05) is 26.4 Å². The number of aliphatic hydroxyl groups is 2. The SMILES string of the molecule is CCC(C)(CO)COCC(C)(CC)CO. The minimum absolute atomic E-state index is 0.144. The van der Waals surface area contributed by atoms with Crippen LogP contribution in [0.4, 0.5) is 0 Å². The molecule has 3 nitrogen and oxygen atoms in total. The van der Waals surface area contributed by atoms with Crippen LogP contribution in [0.15, 0.2) is 0 Å². The minimum atomic E-state index is -0.149. The van der Waals surface area contributed by atoms with Gasteiger partial charge in [-0.15, -0.1) is 0 Å².